The molecule has 3 rings (SSSR count). The number of carbonyl (C=O) groups excluding carboxylic acids is 2. The summed E-state index contributed by atoms with van der Waals surface area (Å²) >= 11 is 0. The minimum Gasteiger partial charge on any atom is -0.464 e. The Labute approximate surface area is 178 Å². The molecule has 0 aromatic heterocycles. The Kier molecular flexibility index (Phi) is 7.06. The zero-order chi connectivity index (χ0) is 21.6. The number of ether oxygens (including phenoxy) is 1. The van der Waals surface area contributed by atoms with Gasteiger partial charge in [-0.2, -0.15) is 0 Å². The van der Waals surface area contributed by atoms with E-state index in [-0.39, 0.29) is 12.5 Å². The molecule has 1 fully saturated rings. The van der Waals surface area contributed by atoms with Crippen molar-refractivity contribution in [3.05, 3.63) is 77.4 Å². The molecule has 1 aliphatic rings. The lowest BCUT2D eigenvalue weighted by Gasteiger charge is -2.30. The number of hydrogen-bond donors (Lipinski definition) is 1. The maximum absolute atomic E-state index is 12.9. The summed E-state index contributed by atoms with van der Waals surface area (Å²) in [7, 11) is 0. The molecule has 30 heavy (non-hydrogen) atoms. The first kappa shape index (κ1) is 21.8. The van der Waals surface area contributed by atoms with Crippen molar-refractivity contribution in [2.75, 3.05) is 19.7 Å². The van der Waals surface area contributed by atoms with Gasteiger partial charge in [-0.1, -0.05) is 67.6 Å². The number of hydrogen-bond acceptors (Lipinski definition) is 4. The molecule has 1 aliphatic heterocycles. The monoisotopic (exact) mass is 407 g/mol. The molecule has 0 unspecified atom stereocenters. The standard InChI is InChI=1S/C25H29NO4/c1-3-30-24(28)25(29,21-12-5-4-6-13-21)19(2)15-16-20-11-7-8-14-22(20)23(27)26-17-9-10-18-26/h4-8,11-16,19,29H,3,9-10,17-18H2,1-2H3/b16-15+/t19-,25+/m0/s1. The largest absolute Gasteiger partial charge is 0.464 e. The number of rotatable bonds is 7. The highest BCUT2D eigenvalue weighted by Gasteiger charge is 2.43. The van der Waals surface area contributed by atoms with Gasteiger partial charge in [-0.05, 0) is 37.0 Å². The van der Waals surface area contributed by atoms with Gasteiger partial charge in [0.05, 0.1) is 6.61 Å². The van der Waals surface area contributed by atoms with Gasteiger partial charge in [-0.25, -0.2) is 4.79 Å². The predicted octanol–water partition coefficient (Wildman–Crippen LogP) is 4.02. The van der Waals surface area contributed by atoms with Crippen LogP contribution in [-0.4, -0.2) is 41.6 Å². The topological polar surface area (TPSA) is 66.8 Å². The van der Waals surface area contributed by atoms with Crippen LogP contribution in [0.2, 0.25) is 0 Å². The van der Waals surface area contributed by atoms with Crippen LogP contribution in [0.3, 0.4) is 0 Å². The third-order valence-electron chi connectivity index (χ3n) is 5.61. The molecule has 5 nitrogen and oxygen atoms in total. The van der Waals surface area contributed by atoms with E-state index in [9.17, 15) is 14.7 Å². The summed E-state index contributed by atoms with van der Waals surface area (Å²) in [5, 5.41) is 11.4. The van der Waals surface area contributed by atoms with Crippen molar-refractivity contribution < 1.29 is 19.4 Å². The van der Waals surface area contributed by atoms with Crippen LogP contribution in [0, 0.1) is 5.92 Å². The highest BCUT2D eigenvalue weighted by Crippen LogP contribution is 2.33. The highest BCUT2D eigenvalue weighted by molar-refractivity contribution is 5.98. The fraction of sp³-hybridized carbons (Fsp3) is 0.360. The first-order valence-corrected chi connectivity index (χ1v) is 10.5. The summed E-state index contributed by atoms with van der Waals surface area (Å²) in [6.45, 7) is 5.22. The van der Waals surface area contributed by atoms with Gasteiger partial charge in [0.2, 0.25) is 0 Å². The Hall–Kier alpha value is -2.92. The summed E-state index contributed by atoms with van der Waals surface area (Å²) in [4.78, 5) is 27.5. The number of benzene rings is 2. The van der Waals surface area contributed by atoms with E-state index in [1.54, 1.807) is 50.3 Å². The van der Waals surface area contributed by atoms with E-state index in [4.69, 9.17) is 4.74 Å². The van der Waals surface area contributed by atoms with Crippen LogP contribution >= 0.6 is 0 Å². The summed E-state index contributed by atoms with van der Waals surface area (Å²) in [5.41, 5.74) is 0.0478. The van der Waals surface area contributed by atoms with Gasteiger partial charge in [-0.3, -0.25) is 4.79 Å². The highest BCUT2D eigenvalue weighted by atomic mass is 16.5. The molecular weight excluding hydrogens is 378 g/mol. The Bertz CT molecular complexity index is 902. The van der Waals surface area contributed by atoms with Crippen LogP contribution < -0.4 is 0 Å². The number of amides is 1. The van der Waals surface area contributed by atoms with Crippen molar-refractivity contribution in [1.29, 1.82) is 0 Å². The van der Waals surface area contributed by atoms with E-state index in [0.29, 0.717) is 11.1 Å². The third kappa shape index (κ3) is 4.46. The van der Waals surface area contributed by atoms with Crippen LogP contribution in [0.25, 0.3) is 6.08 Å². The number of likely N-dealkylation sites (tertiary alicyclic amines) is 1. The maximum atomic E-state index is 12.9. The van der Waals surface area contributed by atoms with E-state index in [1.165, 1.54) is 0 Å². The molecule has 0 spiro atoms. The maximum Gasteiger partial charge on any atom is 0.343 e. The first-order valence-electron chi connectivity index (χ1n) is 10.5. The Morgan fingerprint density at radius 1 is 1.10 bits per heavy atom. The number of aliphatic hydroxyl groups is 1. The Morgan fingerprint density at radius 3 is 2.40 bits per heavy atom. The normalized spacial score (nSPS) is 17.0. The second-order valence-electron chi connectivity index (χ2n) is 7.59. The smallest absolute Gasteiger partial charge is 0.343 e. The van der Waals surface area contributed by atoms with Gasteiger partial charge >= 0.3 is 5.97 Å². The average molecular weight is 408 g/mol. The van der Waals surface area contributed by atoms with E-state index in [0.717, 1.165) is 31.5 Å². The lowest BCUT2D eigenvalue weighted by atomic mass is 9.81. The zero-order valence-corrected chi connectivity index (χ0v) is 17.6. The lowest BCUT2D eigenvalue weighted by molar-refractivity contribution is -0.170. The molecule has 0 saturated carbocycles. The van der Waals surface area contributed by atoms with Crippen molar-refractivity contribution >= 4 is 18.0 Å². The number of nitrogens with zero attached hydrogens (tertiary/aromatic N) is 1. The second kappa shape index (κ2) is 9.72. The van der Waals surface area contributed by atoms with Crippen molar-refractivity contribution in [1.82, 2.24) is 4.90 Å². The van der Waals surface area contributed by atoms with Gasteiger partial charge in [0.15, 0.2) is 5.60 Å². The molecule has 1 heterocycles. The van der Waals surface area contributed by atoms with Crippen LogP contribution in [0.15, 0.2) is 60.7 Å². The van der Waals surface area contributed by atoms with Crippen LogP contribution in [-0.2, 0) is 15.1 Å². The fourth-order valence-electron chi connectivity index (χ4n) is 3.81. The molecule has 1 N–H and O–H groups in total. The molecule has 0 radical (unpaired) electrons. The van der Waals surface area contributed by atoms with Gasteiger partial charge in [0.25, 0.3) is 5.91 Å². The van der Waals surface area contributed by atoms with Gasteiger partial charge in [0.1, 0.15) is 0 Å². The third-order valence-corrected chi connectivity index (χ3v) is 5.61. The molecule has 2 aromatic carbocycles. The first-order chi connectivity index (χ1) is 14.5. The molecule has 1 saturated heterocycles. The van der Waals surface area contributed by atoms with Gasteiger partial charge in [0, 0.05) is 24.6 Å². The Balaban J connectivity index is 1.90. The van der Waals surface area contributed by atoms with E-state index in [2.05, 4.69) is 0 Å². The molecular formula is C25H29NO4. The van der Waals surface area contributed by atoms with Crippen molar-refractivity contribution in [3.63, 3.8) is 0 Å². The molecule has 2 aromatic rings. The zero-order valence-electron chi connectivity index (χ0n) is 17.6. The SMILES string of the molecule is CCOC(=O)[C@](O)(c1ccccc1)[C@@H](C)/C=C/c1ccccc1C(=O)N1CCCC1. The minimum atomic E-state index is -1.82. The molecule has 158 valence electrons. The summed E-state index contributed by atoms with van der Waals surface area (Å²) in [5.74, 6) is -1.24. The fourth-order valence-corrected chi connectivity index (χ4v) is 3.81. The molecule has 0 aliphatic carbocycles. The minimum absolute atomic E-state index is 0.0177. The molecule has 5 heteroatoms. The average Bonchev–Trinajstić information content (AvgIpc) is 3.32. The van der Waals surface area contributed by atoms with Gasteiger partial charge < -0.3 is 14.7 Å². The second-order valence-corrected chi connectivity index (χ2v) is 7.59. The number of carbonyl (C=O) groups is 2. The van der Waals surface area contributed by atoms with Crippen molar-refractivity contribution in [2.45, 2.75) is 32.3 Å². The van der Waals surface area contributed by atoms with E-state index < -0.39 is 17.5 Å². The van der Waals surface area contributed by atoms with Crippen LogP contribution in [0.1, 0.15) is 48.2 Å². The van der Waals surface area contributed by atoms with E-state index >= 15 is 0 Å². The molecule has 1 amide bonds. The summed E-state index contributed by atoms with van der Waals surface area (Å²) in [6.07, 6.45) is 5.63. The number of esters is 1. The van der Waals surface area contributed by atoms with Crippen molar-refractivity contribution in [2.24, 2.45) is 5.92 Å². The van der Waals surface area contributed by atoms with Crippen molar-refractivity contribution in [3.8, 4) is 0 Å². The Morgan fingerprint density at radius 2 is 1.73 bits per heavy atom. The van der Waals surface area contributed by atoms with E-state index in [1.807, 2.05) is 35.2 Å². The molecule has 2 atom stereocenters. The van der Waals surface area contributed by atoms with Crippen LogP contribution in [0.5, 0.6) is 0 Å². The van der Waals surface area contributed by atoms with Gasteiger partial charge in [-0.15, -0.1) is 0 Å². The lowest BCUT2D eigenvalue weighted by Crippen LogP contribution is -2.42. The summed E-state index contributed by atoms with van der Waals surface area (Å²) < 4.78 is 5.18. The molecule has 0 bridgehead atoms. The quantitative estimate of drug-likeness (QED) is 0.704. The predicted molar refractivity (Wildman–Crippen MR) is 117 cm³/mol. The van der Waals surface area contributed by atoms with Crippen LogP contribution in [0.4, 0.5) is 0 Å². The summed E-state index contributed by atoms with van der Waals surface area (Å²) in [6, 6.07) is 16.2.